The number of quaternary nitrogens is 1. The molecule has 0 unspecified atom stereocenters. The largest absolute Gasteiger partial charge is 0.494 e. The average Bonchev–Trinajstić information content (AvgIpc) is 3.18. The number of rotatable bonds is 6. The molecule has 3 rings (SSSR count). The van der Waals surface area contributed by atoms with Crippen LogP contribution in [-0.4, -0.2) is 17.6 Å². The maximum Gasteiger partial charge on any atom is 0.123 e. The van der Waals surface area contributed by atoms with Crippen molar-refractivity contribution in [2.24, 2.45) is 0 Å². The summed E-state index contributed by atoms with van der Waals surface area (Å²) in [5.41, 5.74) is 2.38. The first-order valence-corrected chi connectivity index (χ1v) is 8.74. The lowest BCUT2D eigenvalue weighted by Gasteiger charge is -2.06. The molecule has 2 aromatic rings. The zero-order chi connectivity index (χ0) is 14.5. The Morgan fingerprint density at radius 3 is 2.71 bits per heavy atom. The third kappa shape index (κ3) is 3.83. The predicted molar refractivity (Wildman–Crippen MR) is 86.6 cm³/mol. The minimum atomic E-state index is 0.706. The molecule has 0 spiro atoms. The molecule has 0 bridgehead atoms. The zero-order valence-corrected chi connectivity index (χ0v) is 13.4. The summed E-state index contributed by atoms with van der Waals surface area (Å²) >= 11 is 1.73. The van der Waals surface area contributed by atoms with E-state index in [-0.39, 0.29) is 0 Å². The predicted octanol–water partition coefficient (Wildman–Crippen LogP) is 3.21. The minimum Gasteiger partial charge on any atom is -0.494 e. The molecule has 1 aromatic heterocycles. The number of hydrogen-bond donors (Lipinski definition) is 1. The van der Waals surface area contributed by atoms with Crippen LogP contribution in [0.25, 0.3) is 10.6 Å². The van der Waals surface area contributed by atoms with Crippen LogP contribution in [-0.2, 0) is 6.54 Å². The fourth-order valence-electron chi connectivity index (χ4n) is 2.87. The number of nitrogens with zero attached hydrogens (tertiary/aromatic N) is 1. The van der Waals surface area contributed by atoms with E-state index < -0.39 is 0 Å². The molecule has 112 valence electrons. The Morgan fingerprint density at radius 2 is 2.00 bits per heavy atom. The summed E-state index contributed by atoms with van der Waals surface area (Å²) in [6.45, 7) is 3.72. The van der Waals surface area contributed by atoms with E-state index in [4.69, 9.17) is 9.72 Å². The molecule has 0 amide bonds. The van der Waals surface area contributed by atoms with Crippen molar-refractivity contribution in [3.8, 4) is 16.3 Å². The lowest BCUT2D eigenvalue weighted by molar-refractivity contribution is -0.703. The van der Waals surface area contributed by atoms with Gasteiger partial charge in [-0.1, -0.05) is 0 Å². The van der Waals surface area contributed by atoms with Crippen molar-refractivity contribution in [2.75, 3.05) is 6.61 Å². The van der Waals surface area contributed by atoms with E-state index in [2.05, 4.69) is 22.8 Å². The van der Waals surface area contributed by atoms with E-state index in [0.29, 0.717) is 6.61 Å². The van der Waals surface area contributed by atoms with Gasteiger partial charge in [0.2, 0.25) is 0 Å². The van der Waals surface area contributed by atoms with E-state index in [0.717, 1.165) is 23.3 Å². The van der Waals surface area contributed by atoms with Gasteiger partial charge in [0.25, 0.3) is 0 Å². The van der Waals surface area contributed by atoms with Gasteiger partial charge in [0.05, 0.1) is 12.6 Å². The topological polar surface area (TPSA) is 38.7 Å². The molecule has 1 aliphatic rings. The Kier molecular flexibility index (Phi) is 4.88. The van der Waals surface area contributed by atoms with Gasteiger partial charge >= 0.3 is 0 Å². The molecular weight excluding hydrogens is 280 g/mol. The van der Waals surface area contributed by atoms with E-state index >= 15 is 0 Å². The van der Waals surface area contributed by atoms with Crippen LogP contribution in [0.3, 0.4) is 0 Å². The number of thiazole rings is 1. The monoisotopic (exact) mass is 303 g/mol. The first-order valence-electron chi connectivity index (χ1n) is 7.86. The molecule has 3 nitrogen and oxygen atoms in total. The summed E-state index contributed by atoms with van der Waals surface area (Å²) in [5, 5.41) is 5.76. The molecule has 0 aliphatic heterocycles. The van der Waals surface area contributed by atoms with Crippen LogP contribution < -0.4 is 10.1 Å². The van der Waals surface area contributed by atoms with Crippen LogP contribution in [0.15, 0.2) is 29.6 Å². The highest BCUT2D eigenvalue weighted by Gasteiger charge is 2.18. The molecule has 1 fully saturated rings. The fourth-order valence-corrected chi connectivity index (χ4v) is 3.71. The van der Waals surface area contributed by atoms with Crippen LogP contribution in [0, 0.1) is 0 Å². The quantitative estimate of drug-likeness (QED) is 0.890. The third-order valence-corrected chi connectivity index (χ3v) is 4.96. The van der Waals surface area contributed by atoms with Crippen LogP contribution in [0.1, 0.15) is 38.3 Å². The summed E-state index contributed by atoms with van der Waals surface area (Å²) in [7, 11) is 0. The van der Waals surface area contributed by atoms with Crippen molar-refractivity contribution in [1.29, 1.82) is 0 Å². The Morgan fingerprint density at radius 1 is 1.24 bits per heavy atom. The second-order valence-electron chi connectivity index (χ2n) is 5.59. The van der Waals surface area contributed by atoms with Gasteiger partial charge in [0.15, 0.2) is 0 Å². The number of ether oxygens (including phenoxy) is 1. The van der Waals surface area contributed by atoms with Crippen molar-refractivity contribution in [2.45, 2.75) is 45.2 Å². The van der Waals surface area contributed by atoms with Crippen molar-refractivity contribution >= 4 is 11.3 Å². The first kappa shape index (κ1) is 14.5. The number of benzene rings is 1. The zero-order valence-electron chi connectivity index (χ0n) is 12.5. The number of nitrogens with two attached hydrogens (primary N) is 1. The SMILES string of the molecule is CCOc1ccc(-c2nc(C[NH2+]C3CCCC3)cs2)cc1. The standard InChI is InChI=1S/C17H22N2OS/c1-2-20-16-9-7-13(8-10-16)17-19-15(12-21-17)11-18-14-5-3-4-6-14/h7-10,12,14,18H,2-6,11H2,1H3/p+1. The van der Waals surface area contributed by atoms with Gasteiger partial charge in [-0.25, -0.2) is 4.98 Å². The summed E-state index contributed by atoms with van der Waals surface area (Å²) in [6.07, 6.45) is 5.54. The summed E-state index contributed by atoms with van der Waals surface area (Å²) in [6, 6.07) is 9.04. The Labute approximate surface area is 130 Å². The molecule has 4 heteroatoms. The molecular formula is C17H23N2OS+. The maximum atomic E-state index is 5.48. The molecule has 1 aromatic carbocycles. The molecule has 0 atom stereocenters. The van der Waals surface area contributed by atoms with Crippen molar-refractivity contribution < 1.29 is 10.1 Å². The Hall–Kier alpha value is -1.39. The van der Waals surface area contributed by atoms with Gasteiger partial charge in [-0.2, -0.15) is 0 Å². The highest BCUT2D eigenvalue weighted by atomic mass is 32.1. The van der Waals surface area contributed by atoms with Crippen molar-refractivity contribution in [3.05, 3.63) is 35.3 Å². The van der Waals surface area contributed by atoms with Crippen molar-refractivity contribution in [3.63, 3.8) is 0 Å². The van der Waals surface area contributed by atoms with Gasteiger partial charge < -0.3 is 10.1 Å². The Bertz CT molecular complexity index is 558. The molecule has 0 radical (unpaired) electrons. The molecule has 1 saturated carbocycles. The van der Waals surface area contributed by atoms with E-state index in [1.54, 1.807) is 11.3 Å². The molecule has 1 aliphatic carbocycles. The van der Waals surface area contributed by atoms with Crippen molar-refractivity contribution in [1.82, 2.24) is 4.98 Å². The summed E-state index contributed by atoms with van der Waals surface area (Å²) < 4.78 is 5.48. The van der Waals surface area contributed by atoms with Crippen LogP contribution in [0.2, 0.25) is 0 Å². The molecule has 2 N–H and O–H groups in total. The number of aromatic nitrogens is 1. The maximum absolute atomic E-state index is 5.48. The second kappa shape index (κ2) is 7.05. The molecule has 1 heterocycles. The van der Waals surface area contributed by atoms with Crippen LogP contribution in [0.4, 0.5) is 0 Å². The van der Waals surface area contributed by atoms with Gasteiger partial charge in [0, 0.05) is 10.9 Å². The smallest absolute Gasteiger partial charge is 0.123 e. The molecule has 0 saturated heterocycles. The third-order valence-electron chi connectivity index (χ3n) is 4.02. The van der Waals surface area contributed by atoms with Gasteiger partial charge in [0.1, 0.15) is 23.0 Å². The first-order chi connectivity index (χ1) is 10.3. The van der Waals surface area contributed by atoms with Gasteiger partial charge in [-0.15, -0.1) is 11.3 Å². The van der Waals surface area contributed by atoms with Gasteiger partial charge in [-0.3, -0.25) is 0 Å². The molecule has 21 heavy (non-hydrogen) atoms. The minimum absolute atomic E-state index is 0.706. The Balaban J connectivity index is 1.60. The van der Waals surface area contributed by atoms with Gasteiger partial charge in [-0.05, 0) is 56.9 Å². The van der Waals surface area contributed by atoms with E-state index in [1.165, 1.54) is 36.9 Å². The summed E-state index contributed by atoms with van der Waals surface area (Å²) in [4.78, 5) is 4.76. The van der Waals surface area contributed by atoms with Crippen LogP contribution in [0.5, 0.6) is 5.75 Å². The van der Waals surface area contributed by atoms with Crippen LogP contribution >= 0.6 is 11.3 Å². The highest BCUT2D eigenvalue weighted by molar-refractivity contribution is 7.13. The van der Waals surface area contributed by atoms with E-state index in [1.807, 2.05) is 19.1 Å². The number of hydrogen-bond acceptors (Lipinski definition) is 3. The normalized spacial score (nSPS) is 15.5. The van der Waals surface area contributed by atoms with E-state index in [9.17, 15) is 0 Å². The average molecular weight is 303 g/mol. The highest BCUT2D eigenvalue weighted by Crippen LogP contribution is 2.25. The lowest BCUT2D eigenvalue weighted by atomic mass is 10.2. The fraction of sp³-hybridized carbons (Fsp3) is 0.471. The lowest BCUT2D eigenvalue weighted by Crippen LogP contribution is -2.88. The summed E-state index contributed by atoms with van der Waals surface area (Å²) in [5.74, 6) is 0.924. The second-order valence-corrected chi connectivity index (χ2v) is 6.44.